The normalized spacial score (nSPS) is 12.0. The Hall–Kier alpha value is -4.99. The minimum atomic E-state index is -4.16. The number of benzene rings is 4. The van der Waals surface area contributed by atoms with Gasteiger partial charge in [0.15, 0.2) is 11.5 Å². The van der Waals surface area contributed by atoms with E-state index in [1.807, 2.05) is 61.5 Å². The molecular formula is C38H39ClN4O8S2. The molecule has 0 radical (unpaired) electrons. The molecule has 53 heavy (non-hydrogen) atoms. The fraction of sp³-hybridized carbons (Fsp3) is 0.211. The van der Waals surface area contributed by atoms with Crippen LogP contribution in [0.4, 0.5) is 0 Å². The molecule has 0 aliphatic heterocycles. The zero-order chi connectivity index (χ0) is 38.0. The van der Waals surface area contributed by atoms with Crippen LogP contribution in [0, 0.1) is 6.92 Å². The lowest BCUT2D eigenvalue weighted by Gasteiger charge is -2.22. The monoisotopic (exact) mass is 778 g/mol. The lowest BCUT2D eigenvalue weighted by atomic mass is 10.1. The fourth-order valence-corrected chi connectivity index (χ4v) is 8.21. The third-order valence-electron chi connectivity index (χ3n) is 8.13. The van der Waals surface area contributed by atoms with Crippen LogP contribution in [0.25, 0.3) is 0 Å². The number of rotatable bonds is 17. The maximum atomic E-state index is 13.8. The van der Waals surface area contributed by atoms with Crippen LogP contribution in [-0.2, 0) is 44.4 Å². The molecule has 0 fully saturated rings. The van der Waals surface area contributed by atoms with E-state index >= 15 is 0 Å². The van der Waals surface area contributed by atoms with E-state index in [9.17, 15) is 21.6 Å². The fourth-order valence-electron chi connectivity index (χ4n) is 5.27. The highest BCUT2D eigenvalue weighted by molar-refractivity contribution is 7.89. The smallest absolute Gasteiger partial charge is 0.255 e. The number of hydrazone groups is 1. The van der Waals surface area contributed by atoms with Gasteiger partial charge in [-0.2, -0.15) is 13.7 Å². The Morgan fingerprint density at radius 2 is 1.43 bits per heavy atom. The largest absolute Gasteiger partial charge is 0.493 e. The van der Waals surface area contributed by atoms with Crippen LogP contribution < -0.4 is 14.9 Å². The second-order valence-corrected chi connectivity index (χ2v) is 16.2. The molecular weight excluding hydrogens is 740 g/mol. The molecule has 5 rings (SSSR count). The number of carbonyl (C=O) groups excluding carboxylic acids is 1. The SMILES string of the molecule is COc1ccc(S(=O)(=O)N(CCc2ccccc2)CC(=O)N/N=C\c2ccc(CN(Cc3ccc(C)cc3)S(=O)(=O)c3ccc(Cl)cc3)o2)cc1OC. The number of furan rings is 1. The van der Waals surface area contributed by atoms with E-state index < -0.39 is 32.5 Å². The number of aryl methyl sites for hydroxylation is 1. The Morgan fingerprint density at radius 3 is 2.11 bits per heavy atom. The number of carbonyl (C=O) groups is 1. The van der Waals surface area contributed by atoms with Crippen molar-refractivity contribution in [2.75, 3.05) is 27.3 Å². The lowest BCUT2D eigenvalue weighted by molar-refractivity contribution is -0.121. The highest BCUT2D eigenvalue weighted by Gasteiger charge is 2.28. The van der Waals surface area contributed by atoms with Crippen molar-refractivity contribution in [3.8, 4) is 11.5 Å². The number of hydrogen-bond acceptors (Lipinski definition) is 9. The molecule has 1 heterocycles. The average molecular weight is 779 g/mol. The van der Waals surface area contributed by atoms with Crippen LogP contribution in [0.5, 0.6) is 11.5 Å². The van der Waals surface area contributed by atoms with Gasteiger partial charge in [0.05, 0.1) is 43.3 Å². The van der Waals surface area contributed by atoms with E-state index in [2.05, 4.69) is 10.5 Å². The molecule has 0 aliphatic carbocycles. The van der Waals surface area contributed by atoms with Gasteiger partial charge in [-0.1, -0.05) is 71.8 Å². The van der Waals surface area contributed by atoms with Gasteiger partial charge < -0.3 is 13.9 Å². The van der Waals surface area contributed by atoms with Gasteiger partial charge in [-0.15, -0.1) is 0 Å². The first-order valence-corrected chi connectivity index (χ1v) is 19.6. The van der Waals surface area contributed by atoms with Crippen molar-refractivity contribution in [1.29, 1.82) is 0 Å². The van der Waals surface area contributed by atoms with Crippen LogP contribution in [0.1, 0.15) is 28.2 Å². The number of amides is 1. The second kappa shape index (κ2) is 17.7. The van der Waals surface area contributed by atoms with E-state index in [-0.39, 0.29) is 40.9 Å². The highest BCUT2D eigenvalue weighted by Crippen LogP contribution is 2.31. The summed E-state index contributed by atoms with van der Waals surface area (Å²) in [5, 5.41) is 4.38. The molecule has 4 aromatic carbocycles. The third kappa shape index (κ3) is 10.3. The molecule has 1 N–H and O–H groups in total. The van der Waals surface area contributed by atoms with Gasteiger partial charge in [0.1, 0.15) is 11.5 Å². The van der Waals surface area contributed by atoms with Gasteiger partial charge in [-0.25, -0.2) is 22.3 Å². The predicted molar refractivity (Wildman–Crippen MR) is 202 cm³/mol. The number of halogens is 1. The Kier molecular flexibility index (Phi) is 13.1. The Labute approximate surface area is 314 Å². The van der Waals surface area contributed by atoms with Crippen LogP contribution in [0.3, 0.4) is 0 Å². The zero-order valence-electron chi connectivity index (χ0n) is 29.3. The van der Waals surface area contributed by atoms with Crippen molar-refractivity contribution >= 4 is 43.8 Å². The summed E-state index contributed by atoms with van der Waals surface area (Å²) in [5.41, 5.74) is 5.09. The molecule has 0 spiro atoms. The average Bonchev–Trinajstić information content (AvgIpc) is 3.61. The molecule has 0 saturated heterocycles. The summed E-state index contributed by atoms with van der Waals surface area (Å²) >= 11 is 6.01. The number of hydrogen-bond donors (Lipinski definition) is 1. The number of nitrogens with zero attached hydrogens (tertiary/aromatic N) is 3. The summed E-state index contributed by atoms with van der Waals surface area (Å²) in [5.74, 6) is 0.458. The Morgan fingerprint density at radius 1 is 0.774 bits per heavy atom. The maximum Gasteiger partial charge on any atom is 0.255 e. The van der Waals surface area contributed by atoms with Crippen molar-refractivity contribution in [1.82, 2.24) is 14.0 Å². The summed E-state index contributed by atoms with van der Waals surface area (Å²) in [6, 6.07) is 30.2. The minimum Gasteiger partial charge on any atom is -0.493 e. The van der Waals surface area contributed by atoms with Gasteiger partial charge in [-0.05, 0) is 73.0 Å². The van der Waals surface area contributed by atoms with Gasteiger partial charge >= 0.3 is 0 Å². The molecule has 1 aromatic heterocycles. The van der Waals surface area contributed by atoms with Crippen LogP contribution >= 0.6 is 11.6 Å². The van der Waals surface area contributed by atoms with Crippen LogP contribution in [-0.4, -0.2) is 64.9 Å². The number of sulfonamides is 2. The summed E-state index contributed by atoms with van der Waals surface area (Å²) in [7, 11) is -5.27. The molecule has 15 heteroatoms. The molecule has 0 unspecified atom stereocenters. The quantitative estimate of drug-likeness (QED) is 0.0889. The van der Waals surface area contributed by atoms with Crippen molar-refractivity contribution < 1.29 is 35.5 Å². The first-order valence-electron chi connectivity index (χ1n) is 16.4. The first-order chi connectivity index (χ1) is 25.4. The summed E-state index contributed by atoms with van der Waals surface area (Å²) in [6.07, 6.45) is 1.60. The Bertz CT molecular complexity index is 2250. The van der Waals surface area contributed by atoms with E-state index in [0.29, 0.717) is 23.0 Å². The predicted octanol–water partition coefficient (Wildman–Crippen LogP) is 6.03. The van der Waals surface area contributed by atoms with Crippen molar-refractivity contribution in [2.45, 2.75) is 36.2 Å². The van der Waals surface area contributed by atoms with E-state index in [4.69, 9.17) is 25.5 Å². The van der Waals surface area contributed by atoms with Crippen molar-refractivity contribution in [3.63, 3.8) is 0 Å². The number of ether oxygens (including phenoxy) is 2. The molecule has 278 valence electrons. The number of methoxy groups -OCH3 is 2. The lowest BCUT2D eigenvalue weighted by Crippen LogP contribution is -2.40. The topological polar surface area (TPSA) is 148 Å². The summed E-state index contributed by atoms with van der Waals surface area (Å²) in [4.78, 5) is 13.1. The molecule has 1 amide bonds. The standard InChI is InChI=1S/C38H39ClN4O8S2/c1-28-9-11-30(12-10-28)25-43(52(45,46)34-17-13-31(39)14-18-34)26-33-16-15-32(51-33)24-40-41-38(44)27-42(22-21-29-7-5-4-6-8-29)53(47,48)35-19-20-36(49-2)37(23-35)50-3/h4-20,23-24H,21-22,25-27H2,1-3H3,(H,41,44)/b40-24-. The molecule has 0 saturated carbocycles. The van der Waals surface area contributed by atoms with Crippen molar-refractivity contribution in [2.24, 2.45) is 5.10 Å². The van der Waals surface area contributed by atoms with Crippen LogP contribution in [0.2, 0.25) is 5.02 Å². The maximum absolute atomic E-state index is 13.8. The highest BCUT2D eigenvalue weighted by atomic mass is 35.5. The van der Waals surface area contributed by atoms with Gasteiger partial charge in [0.2, 0.25) is 20.0 Å². The summed E-state index contributed by atoms with van der Waals surface area (Å²) < 4.78 is 73.8. The molecule has 0 atom stereocenters. The molecule has 0 bridgehead atoms. The van der Waals surface area contributed by atoms with Gasteiger partial charge in [-0.3, -0.25) is 4.79 Å². The second-order valence-electron chi connectivity index (χ2n) is 11.9. The molecule has 0 aliphatic rings. The molecule has 12 nitrogen and oxygen atoms in total. The van der Waals surface area contributed by atoms with Gasteiger partial charge in [0, 0.05) is 24.2 Å². The molecule has 5 aromatic rings. The van der Waals surface area contributed by atoms with E-state index in [1.165, 1.54) is 67.2 Å². The zero-order valence-corrected chi connectivity index (χ0v) is 31.7. The first kappa shape index (κ1) is 39.2. The van der Waals surface area contributed by atoms with E-state index in [1.54, 1.807) is 12.1 Å². The van der Waals surface area contributed by atoms with Crippen LogP contribution in [0.15, 0.2) is 129 Å². The third-order valence-corrected chi connectivity index (χ3v) is 12.0. The van der Waals surface area contributed by atoms with Gasteiger partial charge in [0.25, 0.3) is 5.91 Å². The number of nitrogens with one attached hydrogen (secondary N) is 1. The Balaban J connectivity index is 1.29. The minimum absolute atomic E-state index is 0.0113. The van der Waals surface area contributed by atoms with E-state index in [0.717, 1.165) is 21.0 Å². The summed E-state index contributed by atoms with van der Waals surface area (Å²) in [6.45, 7) is 1.42. The van der Waals surface area contributed by atoms with Crippen molar-refractivity contribution in [3.05, 3.63) is 142 Å².